The summed E-state index contributed by atoms with van der Waals surface area (Å²) < 4.78 is 32.2. The lowest BCUT2D eigenvalue weighted by Crippen LogP contribution is -2.38. The first-order chi connectivity index (χ1) is 21.0. The third-order valence-corrected chi connectivity index (χ3v) is 7.46. The van der Waals surface area contributed by atoms with E-state index >= 15 is 4.39 Å². The van der Waals surface area contributed by atoms with Crippen molar-refractivity contribution < 1.29 is 18.4 Å². The Morgan fingerprint density at radius 3 is 2.52 bits per heavy atom. The zero-order valence-electron chi connectivity index (χ0n) is 25.0. The van der Waals surface area contributed by atoms with E-state index < -0.39 is 23.3 Å². The number of rotatable bonds is 8. The highest BCUT2D eigenvalue weighted by molar-refractivity contribution is 5.95. The molecule has 2 aromatic heterocycles. The number of amides is 2. The van der Waals surface area contributed by atoms with Crippen LogP contribution in [0.4, 0.5) is 14.6 Å². The summed E-state index contributed by atoms with van der Waals surface area (Å²) in [4.78, 5) is 44.8. The van der Waals surface area contributed by atoms with Crippen molar-refractivity contribution in [3.63, 3.8) is 0 Å². The zero-order chi connectivity index (χ0) is 31.7. The Morgan fingerprint density at radius 2 is 1.80 bits per heavy atom. The van der Waals surface area contributed by atoms with Gasteiger partial charge in [-0.2, -0.15) is 0 Å². The first kappa shape index (κ1) is 30.3. The Balaban J connectivity index is 1.64. The smallest absolute Gasteiger partial charge is 0.294 e. The number of carbonyl (C=O) groups is 2. The monoisotopic (exact) mass is 598 g/mol. The van der Waals surface area contributed by atoms with Gasteiger partial charge in [-0.1, -0.05) is 12.1 Å². The molecule has 9 nitrogen and oxygen atoms in total. The van der Waals surface area contributed by atoms with Crippen molar-refractivity contribution in [3.8, 4) is 16.9 Å². The molecule has 2 amide bonds. The van der Waals surface area contributed by atoms with E-state index in [0.29, 0.717) is 39.0 Å². The lowest BCUT2D eigenvalue weighted by molar-refractivity contribution is -0.117. The van der Waals surface area contributed by atoms with Gasteiger partial charge in [0.05, 0.1) is 30.0 Å². The topological polar surface area (TPSA) is 101 Å². The van der Waals surface area contributed by atoms with E-state index in [9.17, 15) is 18.8 Å². The molecule has 0 radical (unpaired) electrons. The lowest BCUT2D eigenvalue weighted by atomic mass is 10.1. The number of anilines is 1. The minimum atomic E-state index is -0.605. The normalized spacial score (nSPS) is 11.9. The number of benzene rings is 3. The fourth-order valence-corrected chi connectivity index (χ4v) is 5.01. The van der Waals surface area contributed by atoms with E-state index in [1.807, 2.05) is 6.92 Å². The van der Waals surface area contributed by atoms with Crippen LogP contribution in [0.2, 0.25) is 0 Å². The maximum absolute atomic E-state index is 15.1. The predicted octanol–water partition coefficient (Wildman–Crippen LogP) is 4.74. The number of nitrogens with zero attached hydrogens (tertiary/aromatic N) is 4. The molecule has 1 atom stereocenters. The minimum absolute atomic E-state index is 0.0788. The average molecular weight is 599 g/mol. The maximum Gasteiger partial charge on any atom is 0.294 e. The van der Waals surface area contributed by atoms with E-state index in [1.165, 1.54) is 39.9 Å². The van der Waals surface area contributed by atoms with Crippen molar-refractivity contribution in [1.29, 1.82) is 0 Å². The van der Waals surface area contributed by atoms with Crippen molar-refractivity contribution in [2.24, 2.45) is 0 Å². The fourth-order valence-electron chi connectivity index (χ4n) is 5.01. The van der Waals surface area contributed by atoms with Crippen LogP contribution >= 0.6 is 0 Å². The highest BCUT2D eigenvalue weighted by Gasteiger charge is 2.19. The van der Waals surface area contributed by atoms with Crippen LogP contribution in [0.5, 0.6) is 0 Å². The number of aryl methyl sites for hydroxylation is 1. The van der Waals surface area contributed by atoms with Crippen molar-refractivity contribution in [2.75, 3.05) is 26.5 Å². The number of fused-ring (bicyclic) bond motifs is 1. The predicted molar refractivity (Wildman–Crippen MR) is 166 cm³/mol. The zero-order valence-corrected chi connectivity index (χ0v) is 25.0. The van der Waals surface area contributed by atoms with Gasteiger partial charge >= 0.3 is 0 Å². The maximum atomic E-state index is 15.1. The van der Waals surface area contributed by atoms with Crippen molar-refractivity contribution >= 4 is 28.5 Å². The number of halogens is 2. The number of carbonyl (C=O) groups excluding carboxylic acids is 2. The summed E-state index contributed by atoms with van der Waals surface area (Å²) in [6.07, 6.45) is 3.24. The summed E-state index contributed by atoms with van der Waals surface area (Å²) >= 11 is 0. The van der Waals surface area contributed by atoms with Gasteiger partial charge in [0.1, 0.15) is 11.6 Å². The van der Waals surface area contributed by atoms with Crippen LogP contribution in [0.15, 0.2) is 77.9 Å². The average Bonchev–Trinajstić information content (AvgIpc) is 3.33. The number of likely N-dealkylation sites (N-methyl/N-ethyl adjacent to an activating group) is 1. The number of hydrogen-bond donors (Lipinski definition) is 2. The van der Waals surface area contributed by atoms with Crippen LogP contribution in [0.1, 0.15) is 28.4 Å². The number of aromatic nitrogens is 3. The van der Waals surface area contributed by atoms with E-state index in [1.54, 1.807) is 75.2 Å². The molecule has 2 heterocycles. The molecule has 5 aromatic rings. The molecular formula is C33H32F2N6O3. The molecule has 0 fully saturated rings. The molecule has 44 heavy (non-hydrogen) atoms. The van der Waals surface area contributed by atoms with Crippen molar-refractivity contribution in [2.45, 2.75) is 26.4 Å². The Bertz CT molecular complexity index is 1960. The third-order valence-electron chi connectivity index (χ3n) is 7.46. The molecular weight excluding hydrogens is 566 g/mol. The Labute approximate surface area is 252 Å². The molecule has 0 spiro atoms. The second-order valence-electron chi connectivity index (χ2n) is 10.8. The SMILES string of the molecule is CN[C@@H](C)C(=O)Nc1ncc(-c2cccc(C(=O)N(C)C)c2)n(Cc2cc(F)cc(-n3cc(C)c4cc(F)ccc43)c2)c1=O. The molecule has 226 valence electrons. The first-order valence-corrected chi connectivity index (χ1v) is 13.9. The fraction of sp³-hybridized carbons (Fsp3) is 0.212. The summed E-state index contributed by atoms with van der Waals surface area (Å²) in [5.41, 5.74) is 3.18. The molecule has 0 aliphatic rings. The van der Waals surface area contributed by atoms with Crippen LogP contribution in [-0.4, -0.2) is 58.0 Å². The van der Waals surface area contributed by atoms with Gasteiger partial charge in [-0.25, -0.2) is 13.8 Å². The molecule has 0 aliphatic carbocycles. The van der Waals surface area contributed by atoms with Crippen LogP contribution in [-0.2, 0) is 11.3 Å². The van der Waals surface area contributed by atoms with E-state index in [0.717, 1.165) is 5.56 Å². The molecule has 2 N–H and O–H groups in total. The van der Waals surface area contributed by atoms with Gasteiger partial charge < -0.3 is 20.1 Å². The van der Waals surface area contributed by atoms with E-state index in [2.05, 4.69) is 15.6 Å². The Morgan fingerprint density at radius 1 is 1.02 bits per heavy atom. The number of hydrogen-bond acceptors (Lipinski definition) is 5. The first-order valence-electron chi connectivity index (χ1n) is 13.9. The Hall–Kier alpha value is -5.16. The van der Waals surface area contributed by atoms with Crippen LogP contribution in [0.3, 0.4) is 0 Å². The van der Waals surface area contributed by atoms with Gasteiger partial charge in [-0.15, -0.1) is 0 Å². The molecule has 11 heteroatoms. The number of nitrogens with one attached hydrogen (secondary N) is 2. The van der Waals surface area contributed by atoms with Crippen molar-refractivity contribution in [3.05, 3.63) is 112 Å². The second-order valence-corrected chi connectivity index (χ2v) is 10.8. The molecule has 5 rings (SSSR count). The standard InChI is InChI=1S/C33H32F2N6O3/c1-19-17-40(28-10-9-24(34)15-27(19)28)26-12-21(11-25(35)14-26)18-41-29(22-7-6-8-23(13-22)32(43)39(4)5)16-37-30(33(41)44)38-31(42)20(2)36-3/h6-17,20,36H,18H2,1-5H3,(H,37,38,42)/t20-/m0/s1. The highest BCUT2D eigenvalue weighted by Crippen LogP contribution is 2.27. The van der Waals surface area contributed by atoms with E-state index in [4.69, 9.17) is 0 Å². The van der Waals surface area contributed by atoms with Gasteiger partial charge in [-0.3, -0.25) is 19.0 Å². The van der Waals surface area contributed by atoms with Gasteiger partial charge in [0.25, 0.3) is 11.5 Å². The van der Waals surface area contributed by atoms with Crippen LogP contribution in [0, 0.1) is 18.6 Å². The molecule has 0 bridgehead atoms. The summed E-state index contributed by atoms with van der Waals surface area (Å²) in [6.45, 7) is 3.41. The summed E-state index contributed by atoms with van der Waals surface area (Å²) in [7, 11) is 4.90. The molecule has 0 aliphatic heterocycles. The van der Waals surface area contributed by atoms with E-state index in [-0.39, 0.29) is 24.1 Å². The van der Waals surface area contributed by atoms with Crippen LogP contribution in [0.25, 0.3) is 27.8 Å². The van der Waals surface area contributed by atoms with Gasteiger partial charge in [0.15, 0.2) is 5.82 Å². The largest absolute Gasteiger partial charge is 0.345 e. The summed E-state index contributed by atoms with van der Waals surface area (Å²) in [5, 5.41) is 6.09. The summed E-state index contributed by atoms with van der Waals surface area (Å²) in [6, 6.07) is 15.0. The second kappa shape index (κ2) is 12.2. The quantitative estimate of drug-likeness (QED) is 0.269. The van der Waals surface area contributed by atoms with Gasteiger partial charge in [0, 0.05) is 42.5 Å². The highest BCUT2D eigenvalue weighted by atomic mass is 19.1. The minimum Gasteiger partial charge on any atom is -0.345 e. The van der Waals surface area contributed by atoms with Crippen LogP contribution < -0.4 is 16.2 Å². The molecule has 3 aromatic carbocycles. The molecule has 0 saturated carbocycles. The summed E-state index contributed by atoms with van der Waals surface area (Å²) in [5.74, 6) is -1.76. The lowest BCUT2D eigenvalue weighted by Gasteiger charge is -2.17. The Kier molecular flexibility index (Phi) is 8.41. The molecule has 0 unspecified atom stereocenters. The molecule has 0 saturated heterocycles. The third kappa shape index (κ3) is 6.00. The van der Waals surface area contributed by atoms with Gasteiger partial charge in [-0.05, 0) is 80.6 Å². The van der Waals surface area contributed by atoms with Gasteiger partial charge in [0.2, 0.25) is 5.91 Å². The van der Waals surface area contributed by atoms with Crippen molar-refractivity contribution in [1.82, 2.24) is 24.3 Å².